The molecule has 0 unspecified atom stereocenters. The number of alkyl halides is 2. The largest absolute Gasteiger partial charge is 0.264 e. The van der Waals surface area contributed by atoms with Gasteiger partial charge in [-0.2, -0.15) is 0 Å². The highest BCUT2D eigenvalue weighted by Crippen LogP contribution is 2.25. The van der Waals surface area contributed by atoms with Crippen molar-refractivity contribution in [3.8, 4) is 0 Å². The van der Waals surface area contributed by atoms with E-state index >= 15 is 0 Å². The lowest BCUT2D eigenvalue weighted by atomic mass is 10.1. The highest BCUT2D eigenvalue weighted by atomic mass is 79.9. The first-order valence-electron chi connectivity index (χ1n) is 2.31. The van der Waals surface area contributed by atoms with Crippen LogP contribution in [-0.4, -0.2) is 14.2 Å². The first-order valence-corrected chi connectivity index (χ1v) is 4.15. The second-order valence-electron chi connectivity index (χ2n) is 2.21. The van der Waals surface area contributed by atoms with E-state index in [2.05, 4.69) is 31.9 Å². The lowest BCUT2D eigenvalue weighted by Crippen LogP contribution is -2.36. The minimum atomic E-state index is -0.944. The van der Waals surface area contributed by atoms with Crippen LogP contribution < -0.4 is 0 Å². The van der Waals surface area contributed by atoms with Crippen molar-refractivity contribution < 1.29 is 4.92 Å². The minimum Gasteiger partial charge on any atom is -0.264 e. The molecule has 0 fully saturated rings. The van der Waals surface area contributed by atoms with Gasteiger partial charge in [0.15, 0.2) is 0 Å². The molecule has 0 saturated carbocycles. The molecule has 0 aliphatic rings. The van der Waals surface area contributed by atoms with E-state index in [1.165, 1.54) is 0 Å². The maximum Gasteiger partial charge on any atom is 0.238 e. The van der Waals surface area contributed by atoms with Gasteiger partial charge in [0.1, 0.15) is 3.74 Å². The number of hydrogen-bond donors (Lipinski definition) is 0. The maximum absolute atomic E-state index is 10.2. The van der Waals surface area contributed by atoms with Crippen LogP contribution >= 0.6 is 31.9 Å². The lowest BCUT2D eigenvalue weighted by molar-refractivity contribution is -0.555. The zero-order valence-corrected chi connectivity index (χ0v) is 8.27. The molecule has 0 N–H and O–H groups in total. The second kappa shape index (κ2) is 2.96. The number of halogens is 2. The Labute approximate surface area is 70.2 Å². The Bertz CT molecular complexity index is 124. The normalized spacial score (nSPS) is 12.1. The third-order valence-electron chi connectivity index (χ3n) is 1.00. The molecule has 3 nitrogen and oxygen atoms in total. The van der Waals surface area contributed by atoms with Gasteiger partial charge in [-0.1, -0.05) is 31.9 Å². The summed E-state index contributed by atoms with van der Waals surface area (Å²) in [6.45, 7) is 3.09. The SMILES string of the molecule is CC(C)(C(Br)Br)[N+](=O)[O-]. The molecule has 0 aliphatic heterocycles. The van der Waals surface area contributed by atoms with Crippen molar-refractivity contribution in [2.75, 3.05) is 0 Å². The molecule has 0 spiro atoms. The summed E-state index contributed by atoms with van der Waals surface area (Å²) in [4.78, 5) is 9.88. The Morgan fingerprint density at radius 2 is 1.89 bits per heavy atom. The van der Waals surface area contributed by atoms with Crippen molar-refractivity contribution in [1.29, 1.82) is 0 Å². The second-order valence-corrected chi connectivity index (χ2v) is 5.27. The molecule has 0 heterocycles. The molecule has 0 aromatic heterocycles. The molecule has 0 aliphatic carbocycles. The van der Waals surface area contributed by atoms with Gasteiger partial charge >= 0.3 is 0 Å². The van der Waals surface area contributed by atoms with E-state index in [1.807, 2.05) is 0 Å². The molecule has 0 rings (SSSR count). The number of rotatable bonds is 2. The summed E-state index contributed by atoms with van der Waals surface area (Å²) >= 11 is 6.14. The molecule has 0 aromatic carbocycles. The fourth-order valence-electron chi connectivity index (χ4n) is 0.0797. The van der Waals surface area contributed by atoms with Crippen molar-refractivity contribution in [1.82, 2.24) is 0 Å². The monoisotopic (exact) mass is 259 g/mol. The van der Waals surface area contributed by atoms with Crippen molar-refractivity contribution in [3.05, 3.63) is 10.1 Å². The van der Waals surface area contributed by atoms with Crippen LogP contribution in [0.1, 0.15) is 13.8 Å². The van der Waals surface area contributed by atoms with Crippen molar-refractivity contribution in [3.63, 3.8) is 0 Å². The van der Waals surface area contributed by atoms with E-state index in [9.17, 15) is 10.1 Å². The van der Waals surface area contributed by atoms with Gasteiger partial charge in [-0.25, -0.2) is 0 Å². The lowest BCUT2D eigenvalue weighted by Gasteiger charge is -2.15. The summed E-state index contributed by atoms with van der Waals surface area (Å²) in [7, 11) is 0. The average molecular weight is 261 g/mol. The summed E-state index contributed by atoms with van der Waals surface area (Å²) in [6.07, 6.45) is 0. The van der Waals surface area contributed by atoms with E-state index in [4.69, 9.17) is 0 Å². The van der Waals surface area contributed by atoms with Crippen LogP contribution in [0.2, 0.25) is 0 Å². The zero-order valence-electron chi connectivity index (χ0n) is 5.10. The third kappa shape index (κ3) is 2.21. The first kappa shape index (κ1) is 9.36. The zero-order chi connectivity index (χ0) is 7.65. The molecule has 54 valence electrons. The summed E-state index contributed by atoms with van der Waals surface area (Å²) in [5, 5.41) is 10.2. The molecular weight excluding hydrogens is 254 g/mol. The van der Waals surface area contributed by atoms with Gasteiger partial charge in [0.2, 0.25) is 5.54 Å². The molecule has 0 aromatic rings. The summed E-state index contributed by atoms with van der Waals surface area (Å²) < 4.78 is -0.285. The molecule has 0 saturated heterocycles. The highest BCUT2D eigenvalue weighted by molar-refractivity contribution is 9.24. The Balaban J connectivity index is 4.19. The van der Waals surface area contributed by atoms with Crippen LogP contribution in [0.4, 0.5) is 0 Å². The van der Waals surface area contributed by atoms with E-state index in [0.717, 1.165) is 0 Å². The van der Waals surface area contributed by atoms with Crippen LogP contribution in [0.3, 0.4) is 0 Å². The van der Waals surface area contributed by atoms with Crippen LogP contribution in [-0.2, 0) is 0 Å². The quantitative estimate of drug-likeness (QED) is 0.434. The molecule has 9 heavy (non-hydrogen) atoms. The minimum absolute atomic E-state index is 0.285. The van der Waals surface area contributed by atoms with Gasteiger partial charge in [-0.15, -0.1) is 0 Å². The molecular formula is C4H7Br2NO2. The van der Waals surface area contributed by atoms with Gasteiger partial charge in [0.05, 0.1) is 0 Å². The summed E-state index contributed by atoms with van der Waals surface area (Å²) in [6, 6.07) is 0. The summed E-state index contributed by atoms with van der Waals surface area (Å²) in [5.41, 5.74) is -0.944. The van der Waals surface area contributed by atoms with Crippen molar-refractivity contribution >= 4 is 31.9 Å². The molecule has 0 amide bonds. The summed E-state index contributed by atoms with van der Waals surface area (Å²) in [5.74, 6) is 0. The van der Waals surface area contributed by atoms with Crippen LogP contribution in [0.5, 0.6) is 0 Å². The Hall–Kier alpha value is 0.360. The number of hydrogen-bond acceptors (Lipinski definition) is 2. The standard InChI is InChI=1S/C4H7Br2NO2/c1-4(2,3(5)6)7(8)9/h3H,1-2H3. The van der Waals surface area contributed by atoms with Crippen LogP contribution in [0.25, 0.3) is 0 Å². The first-order chi connectivity index (χ1) is 3.89. The fourth-order valence-corrected chi connectivity index (χ4v) is 0.414. The molecule has 5 heteroatoms. The van der Waals surface area contributed by atoms with Gasteiger partial charge in [-0.3, -0.25) is 10.1 Å². The topological polar surface area (TPSA) is 43.1 Å². The van der Waals surface area contributed by atoms with Gasteiger partial charge in [0.25, 0.3) is 0 Å². The van der Waals surface area contributed by atoms with E-state index in [1.54, 1.807) is 13.8 Å². The fraction of sp³-hybridized carbons (Fsp3) is 1.00. The molecule has 0 atom stereocenters. The van der Waals surface area contributed by atoms with Crippen LogP contribution in [0, 0.1) is 10.1 Å². The number of nitro groups is 1. The van der Waals surface area contributed by atoms with E-state index in [0.29, 0.717) is 0 Å². The van der Waals surface area contributed by atoms with E-state index in [-0.39, 0.29) is 8.66 Å². The Kier molecular flexibility index (Phi) is 3.08. The average Bonchev–Trinajstić information content (AvgIpc) is 1.65. The molecule has 0 bridgehead atoms. The third-order valence-corrected chi connectivity index (χ3v) is 3.25. The predicted molar refractivity (Wildman–Crippen MR) is 42.7 cm³/mol. The van der Waals surface area contributed by atoms with Crippen molar-refractivity contribution in [2.24, 2.45) is 0 Å². The Morgan fingerprint density at radius 1 is 1.56 bits per heavy atom. The number of nitrogens with zero attached hydrogens (tertiary/aromatic N) is 1. The maximum atomic E-state index is 10.2. The van der Waals surface area contributed by atoms with E-state index < -0.39 is 5.54 Å². The van der Waals surface area contributed by atoms with Gasteiger partial charge in [0, 0.05) is 18.8 Å². The van der Waals surface area contributed by atoms with Gasteiger partial charge < -0.3 is 0 Å². The smallest absolute Gasteiger partial charge is 0.238 e. The highest BCUT2D eigenvalue weighted by Gasteiger charge is 2.37. The predicted octanol–water partition coefficient (Wildman–Crippen LogP) is 2.16. The van der Waals surface area contributed by atoms with Crippen LogP contribution in [0.15, 0.2) is 0 Å². The molecule has 0 radical (unpaired) electrons. The van der Waals surface area contributed by atoms with Crippen molar-refractivity contribution in [2.45, 2.75) is 23.1 Å². The van der Waals surface area contributed by atoms with Gasteiger partial charge in [-0.05, 0) is 0 Å². The Morgan fingerprint density at radius 3 is 1.89 bits per heavy atom.